The zero-order chi connectivity index (χ0) is 15.0. The number of hydrogen-bond donors (Lipinski definition) is 4. The Balaban J connectivity index is 2.04. The lowest BCUT2D eigenvalue weighted by molar-refractivity contribution is 0.100. The number of carbonyl (C=O) groups excluding carboxylic acids is 1. The Hall–Kier alpha value is -3.08. The number of benzene rings is 2. The molecule has 5 heteroatoms. The van der Waals surface area contributed by atoms with Crippen LogP contribution in [0.3, 0.4) is 0 Å². The largest absolute Gasteiger partial charge is 0.384 e. The monoisotopic (exact) mass is 278 g/mol. The molecule has 0 unspecified atom stereocenters. The first-order valence-electron chi connectivity index (χ1n) is 6.42. The van der Waals surface area contributed by atoms with Gasteiger partial charge in [-0.25, -0.2) is 0 Å². The predicted octanol–water partition coefficient (Wildman–Crippen LogP) is 2.22. The molecule has 0 bridgehead atoms. The van der Waals surface area contributed by atoms with Crippen LogP contribution in [0.25, 0.3) is 22.2 Å². The second-order valence-corrected chi connectivity index (χ2v) is 4.84. The van der Waals surface area contributed by atoms with E-state index in [0.717, 1.165) is 22.2 Å². The molecule has 21 heavy (non-hydrogen) atoms. The van der Waals surface area contributed by atoms with E-state index in [1.165, 1.54) is 0 Å². The minimum Gasteiger partial charge on any atom is -0.384 e. The molecule has 0 aliphatic carbocycles. The zero-order valence-corrected chi connectivity index (χ0v) is 11.2. The van der Waals surface area contributed by atoms with Crippen LogP contribution in [0, 0.1) is 5.41 Å². The van der Waals surface area contributed by atoms with Crippen LogP contribution in [0.4, 0.5) is 0 Å². The molecule has 2 aromatic carbocycles. The normalized spacial score (nSPS) is 10.7. The van der Waals surface area contributed by atoms with Crippen LogP contribution in [0.15, 0.2) is 48.5 Å². The highest BCUT2D eigenvalue weighted by Crippen LogP contribution is 2.25. The molecule has 1 amide bonds. The van der Waals surface area contributed by atoms with Crippen LogP contribution >= 0.6 is 0 Å². The number of amidine groups is 1. The second-order valence-electron chi connectivity index (χ2n) is 4.84. The SMILES string of the molecule is N=C(N)c1ccc(-c2cc3ccc(C(N)=O)cc3[nH]2)cc1. The maximum atomic E-state index is 11.2. The molecule has 0 aliphatic rings. The van der Waals surface area contributed by atoms with Gasteiger partial charge in [0, 0.05) is 27.7 Å². The van der Waals surface area contributed by atoms with E-state index in [0.29, 0.717) is 11.1 Å². The van der Waals surface area contributed by atoms with E-state index in [4.69, 9.17) is 16.9 Å². The average Bonchev–Trinajstić information content (AvgIpc) is 2.90. The van der Waals surface area contributed by atoms with Gasteiger partial charge in [-0.05, 0) is 23.8 Å². The van der Waals surface area contributed by atoms with Gasteiger partial charge in [0.2, 0.25) is 5.91 Å². The number of nitrogens with one attached hydrogen (secondary N) is 2. The standard InChI is InChI=1S/C16H14N4O/c17-15(18)10-3-1-9(2-4-10)13-7-11-5-6-12(16(19)21)8-14(11)20-13/h1-8,20H,(H3,17,18)(H2,19,21). The third kappa shape index (κ3) is 2.36. The maximum Gasteiger partial charge on any atom is 0.248 e. The van der Waals surface area contributed by atoms with Gasteiger partial charge in [-0.15, -0.1) is 0 Å². The Bertz CT molecular complexity index is 846. The molecule has 5 nitrogen and oxygen atoms in total. The third-order valence-corrected chi connectivity index (χ3v) is 3.41. The number of primary amides is 1. The molecular formula is C16H14N4O. The van der Waals surface area contributed by atoms with E-state index in [1.807, 2.05) is 24.3 Å². The van der Waals surface area contributed by atoms with Crippen molar-refractivity contribution in [3.05, 3.63) is 59.7 Å². The average molecular weight is 278 g/mol. The third-order valence-electron chi connectivity index (χ3n) is 3.41. The molecule has 0 radical (unpaired) electrons. The minimum absolute atomic E-state index is 0.0456. The second kappa shape index (κ2) is 4.79. The van der Waals surface area contributed by atoms with Gasteiger partial charge in [0.1, 0.15) is 5.84 Å². The van der Waals surface area contributed by atoms with Crippen LogP contribution in [0.1, 0.15) is 15.9 Å². The summed E-state index contributed by atoms with van der Waals surface area (Å²) in [5, 5.41) is 8.39. The van der Waals surface area contributed by atoms with Gasteiger partial charge >= 0.3 is 0 Å². The first-order chi connectivity index (χ1) is 10.0. The van der Waals surface area contributed by atoms with Crippen molar-refractivity contribution in [3.8, 4) is 11.3 Å². The van der Waals surface area contributed by atoms with Gasteiger partial charge in [-0.3, -0.25) is 10.2 Å². The first-order valence-corrected chi connectivity index (χ1v) is 6.42. The summed E-state index contributed by atoms with van der Waals surface area (Å²) in [6.07, 6.45) is 0. The summed E-state index contributed by atoms with van der Waals surface area (Å²) < 4.78 is 0. The van der Waals surface area contributed by atoms with Crippen LogP contribution in [-0.4, -0.2) is 16.7 Å². The van der Waals surface area contributed by atoms with Crippen molar-refractivity contribution >= 4 is 22.6 Å². The van der Waals surface area contributed by atoms with E-state index in [9.17, 15) is 4.79 Å². The lowest BCUT2D eigenvalue weighted by Crippen LogP contribution is -2.10. The molecule has 3 aromatic rings. The van der Waals surface area contributed by atoms with Crippen LogP contribution in [-0.2, 0) is 0 Å². The number of carbonyl (C=O) groups is 1. The smallest absolute Gasteiger partial charge is 0.248 e. The van der Waals surface area contributed by atoms with Crippen LogP contribution < -0.4 is 11.5 Å². The summed E-state index contributed by atoms with van der Waals surface area (Å²) in [4.78, 5) is 14.5. The van der Waals surface area contributed by atoms with Crippen molar-refractivity contribution in [2.45, 2.75) is 0 Å². The summed E-state index contributed by atoms with van der Waals surface area (Å²) in [6, 6.07) is 14.7. The van der Waals surface area contributed by atoms with E-state index in [1.54, 1.807) is 24.3 Å². The molecular weight excluding hydrogens is 264 g/mol. The molecule has 104 valence electrons. The Morgan fingerprint density at radius 2 is 1.62 bits per heavy atom. The quantitative estimate of drug-likeness (QED) is 0.435. The molecule has 1 heterocycles. The van der Waals surface area contributed by atoms with Crippen LogP contribution in [0.2, 0.25) is 0 Å². The fourth-order valence-corrected chi connectivity index (χ4v) is 2.27. The maximum absolute atomic E-state index is 11.2. The van der Waals surface area contributed by atoms with Crippen molar-refractivity contribution in [2.24, 2.45) is 11.5 Å². The van der Waals surface area contributed by atoms with Crippen LogP contribution in [0.5, 0.6) is 0 Å². The van der Waals surface area contributed by atoms with Gasteiger partial charge in [-0.2, -0.15) is 0 Å². The zero-order valence-electron chi connectivity index (χ0n) is 11.2. The number of H-pyrrole nitrogens is 1. The number of amides is 1. The number of nitrogen functional groups attached to an aromatic ring is 1. The van der Waals surface area contributed by atoms with Crippen molar-refractivity contribution in [1.82, 2.24) is 4.98 Å². The van der Waals surface area contributed by atoms with Gasteiger partial charge in [0.05, 0.1) is 0 Å². The summed E-state index contributed by atoms with van der Waals surface area (Å²) in [5.74, 6) is -0.400. The molecule has 3 rings (SSSR count). The fraction of sp³-hybridized carbons (Fsp3) is 0. The van der Waals surface area contributed by atoms with E-state index >= 15 is 0 Å². The number of rotatable bonds is 3. The van der Waals surface area contributed by atoms with Crippen molar-refractivity contribution in [1.29, 1.82) is 5.41 Å². The lowest BCUT2D eigenvalue weighted by Gasteiger charge is -2.00. The predicted molar refractivity (Wildman–Crippen MR) is 83.3 cm³/mol. The number of aromatic nitrogens is 1. The van der Waals surface area contributed by atoms with Crippen molar-refractivity contribution in [2.75, 3.05) is 0 Å². The summed E-state index contributed by atoms with van der Waals surface area (Å²) in [7, 11) is 0. The molecule has 0 aliphatic heterocycles. The minimum atomic E-state index is -0.445. The van der Waals surface area contributed by atoms with E-state index < -0.39 is 5.91 Å². The topological polar surface area (TPSA) is 109 Å². The van der Waals surface area contributed by atoms with Gasteiger partial charge < -0.3 is 16.5 Å². The number of hydrogen-bond acceptors (Lipinski definition) is 2. The van der Waals surface area contributed by atoms with E-state index in [-0.39, 0.29) is 5.84 Å². The Labute approximate surface area is 121 Å². The van der Waals surface area contributed by atoms with Gasteiger partial charge in [0.15, 0.2) is 0 Å². The van der Waals surface area contributed by atoms with E-state index in [2.05, 4.69) is 4.98 Å². The highest BCUT2D eigenvalue weighted by molar-refractivity contribution is 5.98. The molecule has 0 fully saturated rings. The fourth-order valence-electron chi connectivity index (χ4n) is 2.27. The van der Waals surface area contributed by atoms with Crippen molar-refractivity contribution < 1.29 is 4.79 Å². The van der Waals surface area contributed by atoms with Gasteiger partial charge in [-0.1, -0.05) is 30.3 Å². The highest BCUT2D eigenvalue weighted by Gasteiger charge is 2.07. The molecule has 0 saturated carbocycles. The van der Waals surface area contributed by atoms with Crippen molar-refractivity contribution in [3.63, 3.8) is 0 Å². The first kappa shape index (κ1) is 12.9. The summed E-state index contributed by atoms with van der Waals surface area (Å²) in [5.41, 5.74) is 14.7. The summed E-state index contributed by atoms with van der Waals surface area (Å²) >= 11 is 0. The lowest BCUT2D eigenvalue weighted by atomic mass is 10.1. The highest BCUT2D eigenvalue weighted by atomic mass is 16.1. The molecule has 0 atom stereocenters. The number of fused-ring (bicyclic) bond motifs is 1. The number of aromatic amines is 1. The molecule has 0 saturated heterocycles. The Morgan fingerprint density at radius 3 is 2.24 bits per heavy atom. The molecule has 0 spiro atoms. The van der Waals surface area contributed by atoms with Gasteiger partial charge in [0.25, 0.3) is 0 Å². The molecule has 1 aromatic heterocycles. The Morgan fingerprint density at radius 1 is 0.952 bits per heavy atom. The molecule has 6 N–H and O–H groups in total. The Kier molecular flexibility index (Phi) is 2.95. The number of nitrogens with two attached hydrogens (primary N) is 2. The summed E-state index contributed by atoms with van der Waals surface area (Å²) in [6.45, 7) is 0.